The van der Waals surface area contributed by atoms with Crippen LogP contribution in [0.3, 0.4) is 0 Å². The molecule has 4 rings (SSSR count). The monoisotopic (exact) mass is 458 g/mol. The summed E-state index contributed by atoms with van der Waals surface area (Å²) in [6.45, 7) is 5.33. The molecule has 0 amide bonds. The number of hydrogen-bond acceptors (Lipinski definition) is 4. The second-order valence-electron chi connectivity index (χ2n) is 10.7. The molecule has 0 aromatic carbocycles. The lowest BCUT2D eigenvalue weighted by Crippen LogP contribution is -2.53. The van der Waals surface area contributed by atoms with Gasteiger partial charge < -0.3 is 0 Å². The van der Waals surface area contributed by atoms with Crippen molar-refractivity contribution in [2.45, 2.75) is 112 Å². The maximum absolute atomic E-state index is 2.66. The summed E-state index contributed by atoms with van der Waals surface area (Å²) >= 11 is 9.67. The molecule has 4 fully saturated rings. The average molecular weight is 459 g/mol. The molecule has 2 heterocycles. The molecule has 162 valence electrons. The van der Waals surface area contributed by atoms with Crippen LogP contribution in [-0.2, 0) is 0 Å². The molecule has 0 N–H and O–H groups in total. The highest BCUT2D eigenvalue weighted by atomic mass is 32.2. The van der Waals surface area contributed by atoms with Crippen molar-refractivity contribution in [3.05, 3.63) is 0 Å². The van der Waals surface area contributed by atoms with Gasteiger partial charge in [0.15, 0.2) is 0 Å². The second-order valence-corrected chi connectivity index (χ2v) is 16.8. The van der Waals surface area contributed by atoms with Crippen LogP contribution in [0.25, 0.3) is 0 Å². The Morgan fingerprint density at radius 2 is 0.786 bits per heavy atom. The average Bonchev–Trinajstić information content (AvgIpc) is 2.70. The predicted molar refractivity (Wildman–Crippen MR) is 136 cm³/mol. The van der Waals surface area contributed by atoms with E-state index in [0.717, 1.165) is 0 Å². The van der Waals surface area contributed by atoms with Crippen molar-refractivity contribution in [3.8, 4) is 0 Å². The van der Waals surface area contributed by atoms with Crippen LogP contribution in [0, 0.1) is 10.8 Å². The first-order chi connectivity index (χ1) is 13.5. The third-order valence-electron chi connectivity index (χ3n) is 7.94. The van der Waals surface area contributed by atoms with Gasteiger partial charge >= 0.3 is 0 Å². The maximum atomic E-state index is 2.66. The van der Waals surface area contributed by atoms with Crippen molar-refractivity contribution < 1.29 is 0 Å². The molecule has 0 spiro atoms. The van der Waals surface area contributed by atoms with Crippen LogP contribution >= 0.6 is 47.0 Å². The lowest BCUT2D eigenvalue weighted by molar-refractivity contribution is 0.164. The smallest absolute Gasteiger partial charge is 0.0853 e. The zero-order chi connectivity index (χ0) is 19.6. The fourth-order valence-corrected chi connectivity index (χ4v) is 15.2. The largest absolute Gasteiger partial charge is 0.142 e. The van der Waals surface area contributed by atoms with Gasteiger partial charge in [0, 0.05) is 0 Å². The highest BCUT2D eigenvalue weighted by Crippen LogP contribution is 2.69. The summed E-state index contributed by atoms with van der Waals surface area (Å²) in [6.07, 6.45) is 20.6. The van der Waals surface area contributed by atoms with Crippen molar-refractivity contribution in [2.75, 3.05) is 23.0 Å². The molecule has 2 aliphatic carbocycles. The van der Waals surface area contributed by atoms with E-state index in [1.165, 1.54) is 113 Å². The van der Waals surface area contributed by atoms with Crippen molar-refractivity contribution >= 4 is 47.0 Å². The molecule has 0 bridgehead atoms. The Balaban J connectivity index is 1.65. The molecule has 0 aromatic heterocycles. The van der Waals surface area contributed by atoms with Crippen LogP contribution < -0.4 is 0 Å². The number of thioether (sulfide) groups is 4. The van der Waals surface area contributed by atoms with E-state index < -0.39 is 0 Å². The van der Waals surface area contributed by atoms with E-state index in [1.54, 1.807) is 0 Å². The molecule has 4 aliphatic rings. The molecule has 0 atom stereocenters. The van der Waals surface area contributed by atoms with Crippen LogP contribution in [0.15, 0.2) is 0 Å². The van der Waals surface area contributed by atoms with E-state index in [4.69, 9.17) is 0 Å². The molecule has 0 aromatic rings. The van der Waals surface area contributed by atoms with Gasteiger partial charge in [-0.2, -0.15) is 0 Å². The SMILES string of the molecule is CC1(CC2(C3(CC4(C)CCCCC4)SCCCS3)SCCCS2)CCCCC1. The lowest BCUT2D eigenvalue weighted by Gasteiger charge is -2.58. The van der Waals surface area contributed by atoms with Crippen molar-refractivity contribution in [1.82, 2.24) is 0 Å². The zero-order valence-electron chi connectivity index (χ0n) is 18.4. The molecule has 0 unspecified atom stereocenters. The standard InChI is InChI=1S/C24H42S4/c1-21(11-5-3-6-12-21)19-23(25-15-9-16-26-23)24(27-17-10-18-28-24)20-22(2)13-7-4-8-14-22/h3-20H2,1-2H3. The van der Waals surface area contributed by atoms with Gasteiger partial charge in [0.25, 0.3) is 0 Å². The molecule has 2 saturated carbocycles. The summed E-state index contributed by atoms with van der Waals surface area (Å²) < 4.78 is 0.904. The molecule has 0 nitrogen and oxygen atoms in total. The minimum Gasteiger partial charge on any atom is -0.142 e. The molecule has 2 aliphatic heterocycles. The lowest BCUT2D eigenvalue weighted by atomic mass is 9.69. The van der Waals surface area contributed by atoms with Gasteiger partial charge in [-0.3, -0.25) is 0 Å². The van der Waals surface area contributed by atoms with Crippen molar-refractivity contribution in [2.24, 2.45) is 10.8 Å². The quantitative estimate of drug-likeness (QED) is 0.403. The Kier molecular flexibility index (Phi) is 7.66. The molecular weight excluding hydrogens is 417 g/mol. The first kappa shape index (κ1) is 22.6. The maximum Gasteiger partial charge on any atom is 0.0853 e. The van der Waals surface area contributed by atoms with Crippen LogP contribution in [-0.4, -0.2) is 31.2 Å². The van der Waals surface area contributed by atoms with E-state index >= 15 is 0 Å². The minimum absolute atomic E-state index is 0.452. The van der Waals surface area contributed by atoms with Crippen molar-refractivity contribution in [3.63, 3.8) is 0 Å². The molecule has 28 heavy (non-hydrogen) atoms. The predicted octanol–water partition coefficient (Wildman–Crippen LogP) is 8.84. The van der Waals surface area contributed by atoms with Crippen LogP contribution in [0.1, 0.15) is 104 Å². The first-order valence-corrected chi connectivity index (χ1v) is 16.0. The van der Waals surface area contributed by atoms with E-state index in [1.807, 2.05) is 0 Å². The summed E-state index contributed by atoms with van der Waals surface area (Å²) in [5.41, 5.74) is 1.18. The second kappa shape index (κ2) is 9.49. The van der Waals surface area contributed by atoms with E-state index in [2.05, 4.69) is 60.9 Å². The summed E-state index contributed by atoms with van der Waals surface area (Å²) in [4.78, 5) is 0. The Bertz CT molecular complexity index is 447. The first-order valence-electron chi connectivity index (χ1n) is 12.0. The van der Waals surface area contributed by atoms with Crippen LogP contribution in [0.5, 0.6) is 0 Å². The third kappa shape index (κ3) is 4.90. The zero-order valence-corrected chi connectivity index (χ0v) is 21.6. The topological polar surface area (TPSA) is 0 Å². The van der Waals surface area contributed by atoms with Gasteiger partial charge in [-0.15, -0.1) is 47.0 Å². The van der Waals surface area contributed by atoms with E-state index in [9.17, 15) is 0 Å². The molecule has 4 heteroatoms. The minimum atomic E-state index is 0.452. The van der Waals surface area contributed by atoms with Gasteiger partial charge in [0.2, 0.25) is 0 Å². The Morgan fingerprint density at radius 3 is 1.11 bits per heavy atom. The van der Waals surface area contributed by atoms with Crippen LogP contribution in [0.2, 0.25) is 0 Å². The van der Waals surface area contributed by atoms with Crippen LogP contribution in [0.4, 0.5) is 0 Å². The highest BCUT2D eigenvalue weighted by molar-refractivity contribution is 8.25. The summed E-state index contributed by atoms with van der Waals surface area (Å²) in [6, 6.07) is 0. The highest BCUT2D eigenvalue weighted by Gasteiger charge is 2.58. The van der Waals surface area contributed by atoms with E-state index in [-0.39, 0.29) is 0 Å². The van der Waals surface area contributed by atoms with Gasteiger partial charge in [-0.05, 0) is 85.2 Å². The van der Waals surface area contributed by atoms with Gasteiger partial charge in [0.1, 0.15) is 0 Å². The van der Waals surface area contributed by atoms with Gasteiger partial charge in [0.05, 0.1) is 8.16 Å². The number of hydrogen-bond donors (Lipinski definition) is 0. The van der Waals surface area contributed by atoms with Gasteiger partial charge in [-0.25, -0.2) is 0 Å². The number of rotatable bonds is 5. The van der Waals surface area contributed by atoms with Gasteiger partial charge in [-0.1, -0.05) is 52.4 Å². The Labute approximate surface area is 192 Å². The Hall–Kier alpha value is 1.40. The van der Waals surface area contributed by atoms with Crippen molar-refractivity contribution in [1.29, 1.82) is 0 Å². The molecule has 0 radical (unpaired) electrons. The molecule has 2 saturated heterocycles. The molecular formula is C24H42S4. The summed E-state index contributed by atoms with van der Waals surface area (Å²) in [5.74, 6) is 5.62. The fourth-order valence-electron chi connectivity index (χ4n) is 6.35. The summed E-state index contributed by atoms with van der Waals surface area (Å²) in [7, 11) is 0. The fraction of sp³-hybridized carbons (Fsp3) is 1.00. The normalized spacial score (nSPS) is 31.9. The van der Waals surface area contributed by atoms with E-state index in [0.29, 0.717) is 19.0 Å². The summed E-state index contributed by atoms with van der Waals surface area (Å²) in [5, 5.41) is 0. The Morgan fingerprint density at radius 1 is 0.464 bits per heavy atom. The third-order valence-corrected chi connectivity index (χ3v) is 15.7.